The van der Waals surface area contributed by atoms with Gasteiger partial charge in [-0.05, 0) is 59.2 Å². The largest absolute Gasteiger partial charge is 0.357 e. The SMILES string of the molecule is O=C(Nc1ccc(-c2ccc3ncc(N4CCN(Cc5cccnc5)CC4)nc3c2)cc1)c1ccc[nH]1. The third kappa shape index (κ3) is 5.19. The topological polar surface area (TPSA) is 90.0 Å². The molecule has 0 radical (unpaired) electrons. The van der Waals surface area contributed by atoms with Crippen molar-refractivity contribution in [3.8, 4) is 11.1 Å². The lowest BCUT2D eigenvalue weighted by Crippen LogP contribution is -2.46. The summed E-state index contributed by atoms with van der Waals surface area (Å²) in [5.74, 6) is 0.747. The second-order valence-electron chi connectivity index (χ2n) is 9.17. The Kier molecular flexibility index (Phi) is 6.31. The minimum Gasteiger partial charge on any atom is -0.357 e. The van der Waals surface area contributed by atoms with Crippen molar-refractivity contribution >= 4 is 28.4 Å². The predicted octanol–water partition coefficient (Wildman–Crippen LogP) is 4.59. The van der Waals surface area contributed by atoms with E-state index in [2.05, 4.69) is 48.3 Å². The summed E-state index contributed by atoms with van der Waals surface area (Å²) in [6.07, 6.45) is 7.36. The first-order chi connectivity index (χ1) is 18.2. The molecule has 1 aliphatic heterocycles. The number of carbonyl (C=O) groups is 1. The molecule has 2 N–H and O–H groups in total. The van der Waals surface area contributed by atoms with E-state index in [1.54, 1.807) is 18.3 Å². The van der Waals surface area contributed by atoms with E-state index in [-0.39, 0.29) is 5.91 Å². The molecule has 1 amide bonds. The standard InChI is InChI=1S/C29H27N7O/c37-29(26-4-2-12-31-26)33-24-8-5-22(6-9-24)23-7-10-25-27(17-23)34-28(19-32-25)36-15-13-35(14-16-36)20-21-3-1-11-30-18-21/h1-12,17-19,31H,13-16,20H2,(H,33,37). The number of benzene rings is 2. The molecule has 0 unspecified atom stereocenters. The number of pyridine rings is 1. The van der Waals surface area contributed by atoms with Gasteiger partial charge in [0.15, 0.2) is 0 Å². The number of carbonyl (C=O) groups excluding carboxylic acids is 1. The van der Waals surface area contributed by atoms with Crippen LogP contribution in [0.25, 0.3) is 22.2 Å². The zero-order chi connectivity index (χ0) is 25.0. The quantitative estimate of drug-likeness (QED) is 0.363. The van der Waals surface area contributed by atoms with Crippen LogP contribution in [0.15, 0.2) is 91.5 Å². The van der Waals surface area contributed by atoms with Crippen LogP contribution in [-0.4, -0.2) is 56.9 Å². The van der Waals surface area contributed by atoms with Gasteiger partial charge in [-0.3, -0.25) is 19.7 Å². The maximum absolute atomic E-state index is 12.3. The summed E-state index contributed by atoms with van der Waals surface area (Å²) in [7, 11) is 0. The second-order valence-corrected chi connectivity index (χ2v) is 9.17. The van der Waals surface area contributed by atoms with Gasteiger partial charge >= 0.3 is 0 Å². The molecule has 37 heavy (non-hydrogen) atoms. The number of hydrogen-bond donors (Lipinski definition) is 2. The molecule has 184 valence electrons. The van der Waals surface area contributed by atoms with Crippen LogP contribution in [-0.2, 0) is 6.54 Å². The van der Waals surface area contributed by atoms with Crippen molar-refractivity contribution in [3.63, 3.8) is 0 Å². The molecule has 0 bridgehead atoms. The Bertz CT molecular complexity index is 1490. The van der Waals surface area contributed by atoms with Crippen LogP contribution < -0.4 is 10.2 Å². The average molecular weight is 490 g/mol. The summed E-state index contributed by atoms with van der Waals surface area (Å²) in [5, 5.41) is 2.91. The summed E-state index contributed by atoms with van der Waals surface area (Å²) in [6, 6.07) is 21.6. The second kappa shape index (κ2) is 10.2. The molecule has 1 saturated heterocycles. The molecule has 0 saturated carbocycles. The Labute approximate surface area is 215 Å². The lowest BCUT2D eigenvalue weighted by atomic mass is 10.0. The summed E-state index contributed by atoms with van der Waals surface area (Å²) in [6.45, 7) is 4.69. The van der Waals surface area contributed by atoms with E-state index in [0.29, 0.717) is 5.69 Å². The molecule has 4 heterocycles. The number of nitrogens with one attached hydrogen (secondary N) is 2. The van der Waals surface area contributed by atoms with Crippen molar-refractivity contribution < 1.29 is 4.79 Å². The number of amides is 1. The first-order valence-electron chi connectivity index (χ1n) is 12.4. The molecule has 6 rings (SSSR count). The third-order valence-corrected chi connectivity index (χ3v) is 6.67. The van der Waals surface area contributed by atoms with Gasteiger partial charge in [-0.2, -0.15) is 0 Å². The summed E-state index contributed by atoms with van der Waals surface area (Å²) in [4.78, 5) is 33.8. The minimum absolute atomic E-state index is 0.163. The van der Waals surface area contributed by atoms with Gasteiger partial charge in [-0.25, -0.2) is 4.98 Å². The lowest BCUT2D eigenvalue weighted by Gasteiger charge is -2.35. The molecule has 8 nitrogen and oxygen atoms in total. The number of nitrogens with zero attached hydrogens (tertiary/aromatic N) is 5. The molecular formula is C29H27N7O. The zero-order valence-electron chi connectivity index (χ0n) is 20.3. The van der Waals surface area contributed by atoms with E-state index >= 15 is 0 Å². The van der Waals surface area contributed by atoms with E-state index in [4.69, 9.17) is 4.98 Å². The molecule has 3 aromatic heterocycles. The van der Waals surface area contributed by atoms with E-state index in [1.807, 2.05) is 55.0 Å². The van der Waals surface area contributed by atoms with Crippen LogP contribution in [0.4, 0.5) is 11.5 Å². The fourth-order valence-corrected chi connectivity index (χ4v) is 4.63. The van der Waals surface area contributed by atoms with Gasteiger partial charge < -0.3 is 15.2 Å². The van der Waals surface area contributed by atoms with Gasteiger partial charge in [0.05, 0.1) is 17.2 Å². The molecular weight excluding hydrogens is 462 g/mol. The number of hydrogen-bond acceptors (Lipinski definition) is 6. The van der Waals surface area contributed by atoms with E-state index in [9.17, 15) is 4.79 Å². The lowest BCUT2D eigenvalue weighted by molar-refractivity contribution is 0.102. The van der Waals surface area contributed by atoms with Crippen molar-refractivity contribution in [1.82, 2.24) is 24.8 Å². The normalized spacial score (nSPS) is 14.1. The van der Waals surface area contributed by atoms with Gasteiger partial charge in [0, 0.05) is 57.0 Å². The Hall–Kier alpha value is -4.56. The van der Waals surface area contributed by atoms with Gasteiger partial charge in [0.25, 0.3) is 5.91 Å². The number of aromatic nitrogens is 4. The van der Waals surface area contributed by atoms with Gasteiger partial charge in [0.1, 0.15) is 11.5 Å². The Morgan fingerprint density at radius 3 is 2.49 bits per heavy atom. The molecule has 0 aliphatic carbocycles. The minimum atomic E-state index is -0.163. The Morgan fingerprint density at radius 2 is 1.73 bits per heavy atom. The number of anilines is 2. The summed E-state index contributed by atoms with van der Waals surface area (Å²) in [5.41, 5.74) is 6.37. The fourth-order valence-electron chi connectivity index (χ4n) is 4.63. The highest BCUT2D eigenvalue weighted by molar-refractivity contribution is 6.03. The average Bonchev–Trinajstić information content (AvgIpc) is 3.49. The molecule has 8 heteroatoms. The first kappa shape index (κ1) is 22.9. The van der Waals surface area contributed by atoms with Crippen LogP contribution in [0.5, 0.6) is 0 Å². The van der Waals surface area contributed by atoms with E-state index in [1.165, 1.54) is 5.56 Å². The van der Waals surface area contributed by atoms with E-state index < -0.39 is 0 Å². The number of H-pyrrole nitrogens is 1. The molecule has 5 aromatic rings. The van der Waals surface area contributed by atoms with Crippen molar-refractivity contribution in [3.05, 3.63) is 103 Å². The Balaban J connectivity index is 1.14. The maximum atomic E-state index is 12.3. The first-order valence-corrected chi connectivity index (χ1v) is 12.4. The number of rotatable bonds is 6. The van der Waals surface area contributed by atoms with Crippen molar-refractivity contribution in [2.75, 3.05) is 36.4 Å². The predicted molar refractivity (Wildman–Crippen MR) is 145 cm³/mol. The fraction of sp³-hybridized carbons (Fsp3) is 0.172. The molecule has 1 fully saturated rings. The number of fused-ring (bicyclic) bond motifs is 1. The molecule has 0 spiro atoms. The highest BCUT2D eigenvalue weighted by atomic mass is 16.1. The molecule has 2 aromatic carbocycles. The van der Waals surface area contributed by atoms with Crippen LogP contribution in [0.2, 0.25) is 0 Å². The third-order valence-electron chi connectivity index (χ3n) is 6.67. The van der Waals surface area contributed by atoms with Crippen molar-refractivity contribution in [2.45, 2.75) is 6.54 Å². The van der Waals surface area contributed by atoms with Crippen molar-refractivity contribution in [2.24, 2.45) is 0 Å². The van der Waals surface area contributed by atoms with Crippen molar-refractivity contribution in [1.29, 1.82) is 0 Å². The monoisotopic (exact) mass is 489 g/mol. The Morgan fingerprint density at radius 1 is 0.892 bits per heavy atom. The molecule has 1 aliphatic rings. The maximum Gasteiger partial charge on any atom is 0.272 e. The van der Waals surface area contributed by atoms with Crippen LogP contribution in [0, 0.1) is 0 Å². The number of aromatic amines is 1. The number of piperazine rings is 1. The van der Waals surface area contributed by atoms with Gasteiger partial charge in [-0.1, -0.05) is 24.3 Å². The molecule has 0 atom stereocenters. The van der Waals surface area contributed by atoms with Gasteiger partial charge in [0.2, 0.25) is 0 Å². The van der Waals surface area contributed by atoms with Crippen LogP contribution in [0.1, 0.15) is 16.1 Å². The summed E-state index contributed by atoms with van der Waals surface area (Å²) >= 11 is 0. The van der Waals surface area contributed by atoms with Gasteiger partial charge in [-0.15, -0.1) is 0 Å². The van der Waals surface area contributed by atoms with Crippen LogP contribution in [0.3, 0.4) is 0 Å². The highest BCUT2D eigenvalue weighted by Gasteiger charge is 2.19. The smallest absolute Gasteiger partial charge is 0.272 e. The van der Waals surface area contributed by atoms with E-state index in [0.717, 1.165) is 66.4 Å². The van der Waals surface area contributed by atoms with Crippen LogP contribution >= 0.6 is 0 Å². The zero-order valence-corrected chi connectivity index (χ0v) is 20.3. The summed E-state index contributed by atoms with van der Waals surface area (Å²) < 4.78 is 0. The highest BCUT2D eigenvalue weighted by Crippen LogP contribution is 2.26.